The maximum Gasteiger partial charge on any atom is 0.0645 e. The van der Waals surface area contributed by atoms with Gasteiger partial charge in [-0.25, -0.2) is 0 Å². The van der Waals surface area contributed by atoms with Gasteiger partial charge < -0.3 is 4.90 Å². The van der Waals surface area contributed by atoms with Gasteiger partial charge in [0.25, 0.3) is 0 Å². The van der Waals surface area contributed by atoms with Crippen LogP contribution in [-0.2, 0) is 0 Å². The number of fused-ring (bicyclic) bond motifs is 1. The average molecular weight is 756 g/mol. The third kappa shape index (κ3) is 7.12. The molecule has 0 aliphatic heterocycles. The number of benzene rings is 10. The van der Waals surface area contributed by atoms with Crippen molar-refractivity contribution >= 4 is 27.8 Å². The fraction of sp³-hybridized carbons (Fsp3) is 0. The van der Waals surface area contributed by atoms with Crippen LogP contribution in [0.3, 0.4) is 0 Å². The summed E-state index contributed by atoms with van der Waals surface area (Å²) in [5.74, 6) is 0. The maximum atomic E-state index is 9.61. The molecule has 1 heteroatoms. The second-order valence-electron chi connectivity index (χ2n) is 14.6. The summed E-state index contributed by atoms with van der Waals surface area (Å²) in [4.78, 5) is 1.90. The molecule has 278 valence electrons. The first-order valence-electron chi connectivity index (χ1n) is 21.9. The third-order valence-electron chi connectivity index (χ3n) is 11.0. The zero-order chi connectivity index (χ0) is 42.9. The molecule has 0 radical (unpaired) electrons. The molecular weight excluding hydrogens is 711 g/mol. The summed E-state index contributed by atoms with van der Waals surface area (Å²) in [5, 5.41) is 2.42. The lowest BCUT2D eigenvalue weighted by Crippen LogP contribution is -2.11. The fourth-order valence-electron chi connectivity index (χ4n) is 8.11. The highest BCUT2D eigenvalue weighted by Gasteiger charge is 2.20. The molecule has 0 heterocycles. The molecule has 10 rings (SSSR count). The molecule has 0 atom stereocenters. The summed E-state index contributed by atoms with van der Waals surface area (Å²) in [6, 6.07) is 75.7. The van der Waals surface area contributed by atoms with Crippen LogP contribution in [0.25, 0.3) is 77.5 Å². The van der Waals surface area contributed by atoms with Crippen LogP contribution in [0, 0.1) is 0 Å². The van der Waals surface area contributed by atoms with Crippen LogP contribution < -0.4 is 4.90 Å². The minimum Gasteiger partial charge on any atom is -0.310 e. The van der Waals surface area contributed by atoms with E-state index in [4.69, 9.17) is 0 Å². The zero-order valence-electron chi connectivity index (χ0n) is 36.3. The normalized spacial score (nSPS) is 12.0. The van der Waals surface area contributed by atoms with Crippen molar-refractivity contribution in [2.75, 3.05) is 4.90 Å². The van der Waals surface area contributed by atoms with Crippen LogP contribution in [0.15, 0.2) is 249 Å². The van der Waals surface area contributed by atoms with E-state index in [2.05, 4.69) is 152 Å². The first-order chi connectivity index (χ1) is 31.0. The van der Waals surface area contributed by atoms with E-state index in [0.717, 1.165) is 55.8 Å². The van der Waals surface area contributed by atoms with Crippen LogP contribution in [0.5, 0.6) is 0 Å². The zero-order valence-corrected chi connectivity index (χ0v) is 32.3. The lowest BCUT2D eigenvalue weighted by atomic mass is 9.88. The largest absolute Gasteiger partial charge is 0.310 e. The van der Waals surface area contributed by atoms with Gasteiger partial charge in [0.15, 0.2) is 0 Å². The molecule has 0 fully saturated rings. The van der Waals surface area contributed by atoms with E-state index >= 15 is 0 Å². The molecule has 0 bridgehead atoms. The third-order valence-corrected chi connectivity index (χ3v) is 11.0. The van der Waals surface area contributed by atoms with Gasteiger partial charge in [-0.2, -0.15) is 0 Å². The van der Waals surface area contributed by atoms with Crippen LogP contribution in [0.2, 0.25) is 0 Å². The molecule has 59 heavy (non-hydrogen) atoms. The van der Waals surface area contributed by atoms with Gasteiger partial charge in [-0.1, -0.05) is 218 Å². The second kappa shape index (κ2) is 16.0. The van der Waals surface area contributed by atoms with Crippen molar-refractivity contribution in [3.8, 4) is 66.8 Å². The molecule has 1 nitrogen and oxygen atoms in total. The van der Waals surface area contributed by atoms with Crippen molar-refractivity contribution in [3.05, 3.63) is 249 Å². The Kier molecular flexibility index (Phi) is 8.51. The summed E-state index contributed by atoms with van der Waals surface area (Å²) >= 11 is 0. The molecule has 0 aromatic heterocycles. The molecular formula is C58H41N. The average Bonchev–Trinajstić information content (AvgIpc) is 3.35. The van der Waals surface area contributed by atoms with Crippen molar-refractivity contribution in [2.45, 2.75) is 0 Å². The van der Waals surface area contributed by atoms with Crippen LogP contribution in [-0.4, -0.2) is 0 Å². The summed E-state index contributed by atoms with van der Waals surface area (Å²) in [6.07, 6.45) is 0. The number of hydrogen-bond donors (Lipinski definition) is 0. The Morgan fingerprint density at radius 1 is 0.254 bits per heavy atom. The van der Waals surface area contributed by atoms with E-state index in [-0.39, 0.29) is 35.4 Å². The minimum atomic E-state index is -0.125. The molecule has 10 aromatic carbocycles. The number of rotatable bonds is 9. The van der Waals surface area contributed by atoms with Gasteiger partial charge in [0.2, 0.25) is 0 Å². The molecule has 0 N–H and O–H groups in total. The standard InChI is InChI=1S/C58H41N/c1-3-16-42(17-4-1)44-34-38-49(39-35-44)59(50-40-36-45(37-41-50)43-30-32-48(33-31-43)52-28-15-21-47-20-7-8-22-51(47)52)58-29-14-13-27-57(58)56-26-12-11-25-55(56)54-24-10-9-23-53(54)46-18-5-2-6-19-46/h1-41H/i34D,35D,38D,39D. The molecule has 0 spiro atoms. The van der Waals surface area contributed by atoms with Crippen LogP contribution >= 0.6 is 0 Å². The SMILES string of the molecule is [2H]c1c([2H])c(N(c2ccc(-c3ccc(-c4cccc5ccccc45)cc3)cc2)c2ccccc2-c2ccccc2-c2ccccc2-c2ccccc2)c([2H])c([2H])c1-c1ccccc1. The predicted octanol–water partition coefficient (Wildman–Crippen LogP) is 16.3. The van der Waals surface area contributed by atoms with E-state index in [1.54, 1.807) is 0 Å². The van der Waals surface area contributed by atoms with Crippen molar-refractivity contribution in [2.24, 2.45) is 0 Å². The molecule has 10 aromatic rings. The smallest absolute Gasteiger partial charge is 0.0645 e. The number of anilines is 3. The highest BCUT2D eigenvalue weighted by Crippen LogP contribution is 2.45. The summed E-state index contributed by atoms with van der Waals surface area (Å²) < 4.78 is 37.9. The minimum absolute atomic E-state index is 0.0974. The Morgan fingerprint density at radius 2 is 0.678 bits per heavy atom. The van der Waals surface area contributed by atoms with Crippen LogP contribution in [0.1, 0.15) is 5.48 Å². The summed E-state index contributed by atoms with van der Waals surface area (Å²) in [5.41, 5.74) is 13.1. The van der Waals surface area contributed by atoms with Gasteiger partial charge in [-0.15, -0.1) is 0 Å². The van der Waals surface area contributed by atoms with Gasteiger partial charge in [0, 0.05) is 16.9 Å². The van der Waals surface area contributed by atoms with Gasteiger partial charge in [-0.05, 0) is 102 Å². The van der Waals surface area contributed by atoms with Crippen molar-refractivity contribution in [3.63, 3.8) is 0 Å². The molecule has 0 saturated heterocycles. The topological polar surface area (TPSA) is 3.24 Å². The number of hydrogen-bond acceptors (Lipinski definition) is 1. The molecule has 0 unspecified atom stereocenters. The second-order valence-corrected chi connectivity index (χ2v) is 14.6. The molecule has 0 aliphatic rings. The lowest BCUT2D eigenvalue weighted by molar-refractivity contribution is 1.28. The van der Waals surface area contributed by atoms with E-state index in [0.29, 0.717) is 11.3 Å². The first kappa shape index (κ1) is 31.4. The Bertz CT molecular complexity index is 3220. The Labute approximate surface area is 352 Å². The summed E-state index contributed by atoms with van der Waals surface area (Å²) in [7, 11) is 0. The van der Waals surface area contributed by atoms with Gasteiger partial charge in [0.1, 0.15) is 0 Å². The highest BCUT2D eigenvalue weighted by atomic mass is 15.1. The monoisotopic (exact) mass is 755 g/mol. The Morgan fingerprint density at radius 3 is 1.36 bits per heavy atom. The van der Waals surface area contributed by atoms with E-state index in [1.807, 2.05) is 77.7 Å². The van der Waals surface area contributed by atoms with E-state index in [9.17, 15) is 5.48 Å². The van der Waals surface area contributed by atoms with Crippen molar-refractivity contribution in [1.82, 2.24) is 0 Å². The Balaban J connectivity index is 1.13. The highest BCUT2D eigenvalue weighted by molar-refractivity contribution is 5.98. The summed E-state index contributed by atoms with van der Waals surface area (Å²) in [6.45, 7) is 0. The van der Waals surface area contributed by atoms with Crippen molar-refractivity contribution in [1.29, 1.82) is 0 Å². The quantitative estimate of drug-likeness (QED) is 0.142. The van der Waals surface area contributed by atoms with E-state index < -0.39 is 0 Å². The van der Waals surface area contributed by atoms with Crippen molar-refractivity contribution < 1.29 is 5.48 Å². The van der Waals surface area contributed by atoms with Gasteiger partial charge in [0.05, 0.1) is 11.2 Å². The Hall–Kier alpha value is -7.74. The van der Waals surface area contributed by atoms with E-state index in [1.165, 1.54) is 16.3 Å². The number of nitrogens with zero attached hydrogens (tertiary/aromatic N) is 1. The molecule has 0 amide bonds. The predicted molar refractivity (Wildman–Crippen MR) is 251 cm³/mol. The van der Waals surface area contributed by atoms with Crippen LogP contribution in [0.4, 0.5) is 17.1 Å². The maximum absolute atomic E-state index is 9.61. The molecule has 0 aliphatic carbocycles. The molecule has 0 saturated carbocycles. The van der Waals surface area contributed by atoms with Gasteiger partial charge in [-0.3, -0.25) is 0 Å². The fourth-order valence-corrected chi connectivity index (χ4v) is 8.11. The first-order valence-corrected chi connectivity index (χ1v) is 19.9. The van der Waals surface area contributed by atoms with Gasteiger partial charge >= 0.3 is 0 Å². The lowest BCUT2D eigenvalue weighted by Gasteiger charge is -2.29. The number of para-hydroxylation sites is 1.